The van der Waals surface area contributed by atoms with Gasteiger partial charge in [0.25, 0.3) is 0 Å². The molecule has 2 aliphatic rings. The highest BCUT2D eigenvalue weighted by Gasteiger charge is 2.33. The van der Waals surface area contributed by atoms with E-state index in [9.17, 15) is 8.42 Å². The molecule has 0 radical (unpaired) electrons. The first-order valence-corrected chi connectivity index (χ1v) is 12.4. The van der Waals surface area contributed by atoms with Gasteiger partial charge in [0.05, 0.1) is 22.2 Å². The fraction of sp³-hybridized carbons (Fsp3) is 0.0741. The maximum absolute atomic E-state index is 13.1. The van der Waals surface area contributed by atoms with E-state index in [2.05, 4.69) is 14.8 Å². The van der Waals surface area contributed by atoms with Crippen LogP contribution in [0.4, 0.5) is 5.69 Å². The van der Waals surface area contributed by atoms with Crippen LogP contribution in [-0.4, -0.2) is 32.0 Å². The molecule has 0 saturated carbocycles. The topological polar surface area (TPSA) is 62.7 Å². The van der Waals surface area contributed by atoms with Crippen LogP contribution in [0.2, 0.25) is 0 Å². The van der Waals surface area contributed by atoms with Crippen LogP contribution in [0.3, 0.4) is 0 Å². The SMILES string of the molecule is CN1CN(c2cccc(Oc3ccccn3)c2)C=C1c1ccc2c(c1)S(=O)(=O)c1ccccc1-2. The molecule has 0 bridgehead atoms. The zero-order valence-electron chi connectivity index (χ0n) is 18.4. The van der Waals surface area contributed by atoms with E-state index >= 15 is 0 Å². The van der Waals surface area contributed by atoms with Gasteiger partial charge in [-0.25, -0.2) is 13.4 Å². The monoisotopic (exact) mass is 467 g/mol. The summed E-state index contributed by atoms with van der Waals surface area (Å²) in [6.07, 6.45) is 3.73. The second kappa shape index (κ2) is 7.74. The molecule has 0 saturated heterocycles. The van der Waals surface area contributed by atoms with Crippen LogP contribution < -0.4 is 9.64 Å². The van der Waals surface area contributed by atoms with Crippen LogP contribution in [0.15, 0.2) is 107 Å². The Labute approximate surface area is 198 Å². The molecule has 3 heterocycles. The van der Waals surface area contributed by atoms with E-state index in [4.69, 9.17) is 4.74 Å². The zero-order valence-corrected chi connectivity index (χ0v) is 19.2. The largest absolute Gasteiger partial charge is 0.439 e. The maximum Gasteiger partial charge on any atom is 0.219 e. The van der Waals surface area contributed by atoms with Gasteiger partial charge < -0.3 is 14.5 Å². The number of pyridine rings is 1. The smallest absolute Gasteiger partial charge is 0.219 e. The third-order valence-corrected chi connectivity index (χ3v) is 7.95. The Hall–Kier alpha value is -4.10. The van der Waals surface area contributed by atoms with E-state index in [-0.39, 0.29) is 0 Å². The normalized spacial score (nSPS) is 15.6. The molecule has 1 aromatic heterocycles. The van der Waals surface area contributed by atoms with Crippen molar-refractivity contribution in [2.24, 2.45) is 0 Å². The summed E-state index contributed by atoms with van der Waals surface area (Å²) in [7, 11) is -1.52. The first-order valence-electron chi connectivity index (χ1n) is 10.9. The van der Waals surface area contributed by atoms with Crippen LogP contribution in [-0.2, 0) is 9.84 Å². The van der Waals surface area contributed by atoms with Crippen molar-refractivity contribution in [3.05, 3.63) is 103 Å². The van der Waals surface area contributed by atoms with Gasteiger partial charge in [-0.2, -0.15) is 0 Å². The molecule has 0 unspecified atom stereocenters. The van der Waals surface area contributed by atoms with Crippen molar-refractivity contribution >= 4 is 21.2 Å². The average molecular weight is 468 g/mol. The van der Waals surface area contributed by atoms with E-state index in [1.54, 1.807) is 24.4 Å². The zero-order chi connectivity index (χ0) is 23.3. The fourth-order valence-corrected chi connectivity index (χ4v) is 6.18. The number of rotatable bonds is 4. The predicted octanol–water partition coefficient (Wildman–Crippen LogP) is 5.40. The lowest BCUT2D eigenvalue weighted by Crippen LogP contribution is -2.22. The van der Waals surface area contributed by atoms with Crippen LogP contribution in [0, 0.1) is 0 Å². The predicted molar refractivity (Wildman–Crippen MR) is 131 cm³/mol. The minimum atomic E-state index is -3.52. The average Bonchev–Trinajstić information content (AvgIpc) is 3.35. The van der Waals surface area contributed by atoms with Crippen molar-refractivity contribution < 1.29 is 13.2 Å². The minimum absolute atomic E-state index is 0.365. The van der Waals surface area contributed by atoms with E-state index in [0.717, 1.165) is 28.1 Å². The molecule has 4 aromatic rings. The van der Waals surface area contributed by atoms with Crippen LogP contribution >= 0.6 is 0 Å². The van der Waals surface area contributed by atoms with Crippen molar-refractivity contribution in [3.63, 3.8) is 0 Å². The summed E-state index contributed by atoms with van der Waals surface area (Å²) in [5.41, 5.74) is 4.31. The lowest BCUT2D eigenvalue weighted by atomic mass is 10.0. The van der Waals surface area contributed by atoms with Gasteiger partial charge in [0, 0.05) is 54.0 Å². The van der Waals surface area contributed by atoms with E-state index in [1.165, 1.54) is 0 Å². The van der Waals surface area contributed by atoms with Gasteiger partial charge in [-0.3, -0.25) is 0 Å². The van der Waals surface area contributed by atoms with Gasteiger partial charge in [-0.1, -0.05) is 42.5 Å². The number of benzene rings is 3. The van der Waals surface area contributed by atoms with Gasteiger partial charge in [0.1, 0.15) is 5.75 Å². The Morgan fingerprint density at radius 3 is 2.53 bits per heavy atom. The standard InChI is InChI=1S/C27H21N3O3S/c1-29-18-30(20-7-6-8-21(16-20)33-27-11-4-5-14-28-27)17-24(29)19-12-13-23-22-9-2-3-10-25(22)34(31,32)26(23)15-19/h2-17H,18H2,1H3. The minimum Gasteiger partial charge on any atom is -0.439 e. The summed E-state index contributed by atoms with van der Waals surface area (Å²) in [4.78, 5) is 9.17. The summed E-state index contributed by atoms with van der Waals surface area (Å²) in [5.74, 6) is 1.23. The molecular weight excluding hydrogens is 446 g/mol. The highest BCUT2D eigenvalue weighted by atomic mass is 32.2. The number of hydrogen-bond acceptors (Lipinski definition) is 6. The van der Waals surface area contributed by atoms with Crippen molar-refractivity contribution in [2.45, 2.75) is 9.79 Å². The highest BCUT2D eigenvalue weighted by molar-refractivity contribution is 7.92. The molecule has 0 spiro atoms. The molecule has 6 nitrogen and oxygen atoms in total. The van der Waals surface area contributed by atoms with Crippen LogP contribution in [0.5, 0.6) is 11.6 Å². The lowest BCUT2D eigenvalue weighted by molar-refractivity contribution is 0.462. The molecule has 6 rings (SSSR count). The number of ether oxygens (including phenoxy) is 1. The van der Waals surface area contributed by atoms with E-state index in [1.807, 2.05) is 80.0 Å². The Kier molecular flexibility index (Phi) is 4.67. The second-order valence-electron chi connectivity index (χ2n) is 8.30. The summed E-state index contributed by atoms with van der Waals surface area (Å²) >= 11 is 0. The first-order chi connectivity index (χ1) is 16.5. The Balaban J connectivity index is 1.33. The molecule has 0 fully saturated rings. The number of nitrogens with zero attached hydrogens (tertiary/aromatic N) is 3. The molecule has 7 heteroatoms. The third-order valence-electron chi connectivity index (χ3n) is 6.10. The van der Waals surface area contributed by atoms with Gasteiger partial charge in [0.2, 0.25) is 15.7 Å². The summed E-state index contributed by atoms with van der Waals surface area (Å²) < 4.78 is 32.2. The molecule has 168 valence electrons. The van der Waals surface area contributed by atoms with E-state index in [0.29, 0.717) is 28.1 Å². The number of fused-ring (bicyclic) bond motifs is 3. The highest BCUT2D eigenvalue weighted by Crippen LogP contribution is 2.44. The van der Waals surface area contributed by atoms with Gasteiger partial charge in [-0.05, 0) is 30.3 Å². The number of hydrogen-bond donors (Lipinski definition) is 0. The Morgan fingerprint density at radius 1 is 0.853 bits per heavy atom. The molecule has 0 amide bonds. The molecule has 2 aliphatic heterocycles. The number of anilines is 1. The summed E-state index contributed by atoms with van der Waals surface area (Å²) in [5, 5.41) is 0. The summed E-state index contributed by atoms with van der Waals surface area (Å²) in [6, 6.07) is 26.2. The molecule has 0 N–H and O–H groups in total. The molecule has 34 heavy (non-hydrogen) atoms. The van der Waals surface area contributed by atoms with Gasteiger partial charge >= 0.3 is 0 Å². The summed E-state index contributed by atoms with van der Waals surface area (Å²) in [6.45, 7) is 0.631. The van der Waals surface area contributed by atoms with Crippen molar-refractivity contribution in [2.75, 3.05) is 18.6 Å². The Bertz CT molecular complexity index is 1550. The number of sulfone groups is 1. The van der Waals surface area contributed by atoms with Gasteiger partial charge in [0.15, 0.2) is 0 Å². The number of aromatic nitrogens is 1. The van der Waals surface area contributed by atoms with Crippen molar-refractivity contribution in [1.29, 1.82) is 0 Å². The van der Waals surface area contributed by atoms with E-state index < -0.39 is 9.84 Å². The third kappa shape index (κ3) is 3.33. The maximum atomic E-state index is 13.1. The first kappa shape index (κ1) is 20.5. The molecule has 0 aliphatic carbocycles. The quantitative estimate of drug-likeness (QED) is 0.353. The Morgan fingerprint density at radius 2 is 1.68 bits per heavy atom. The van der Waals surface area contributed by atoms with Crippen molar-refractivity contribution in [3.8, 4) is 22.8 Å². The lowest BCUT2D eigenvalue weighted by Gasteiger charge is -2.20. The molecule has 0 atom stereocenters. The fourth-order valence-electron chi connectivity index (χ4n) is 4.47. The van der Waals surface area contributed by atoms with Gasteiger partial charge in [-0.15, -0.1) is 0 Å². The van der Waals surface area contributed by atoms with Crippen LogP contribution in [0.25, 0.3) is 16.8 Å². The second-order valence-corrected chi connectivity index (χ2v) is 10.2. The van der Waals surface area contributed by atoms with Crippen LogP contribution in [0.1, 0.15) is 5.56 Å². The van der Waals surface area contributed by atoms with Crippen molar-refractivity contribution in [1.82, 2.24) is 9.88 Å². The molecular formula is C27H21N3O3S. The molecule has 3 aromatic carbocycles.